The number of ether oxygens (including phenoxy) is 2. The SMILES string of the molecule is Cc1csc2c(OCc3ccccc3)cc3c(c12)[C@H](CCl)CN3C(=O)CCCC(=O)N1C[C@@H](CCl)c2c1cc(NC(=O)[C@H](C)NC(=O)[C@@H](NC(=O)OC(C)(C)C)C(C)C)c1ccccc21. The molecule has 2 aliphatic heterocycles. The van der Waals surface area contributed by atoms with Crippen molar-refractivity contribution in [2.24, 2.45) is 5.92 Å². The molecule has 12 nitrogen and oxygen atoms in total. The number of fused-ring (bicyclic) bond motifs is 6. The molecule has 4 atom stereocenters. The smallest absolute Gasteiger partial charge is 0.408 e. The van der Waals surface area contributed by atoms with Crippen LogP contribution in [-0.2, 0) is 30.5 Å². The zero-order chi connectivity index (χ0) is 46.7. The van der Waals surface area contributed by atoms with Gasteiger partial charge in [0.25, 0.3) is 0 Å². The molecule has 4 aromatic carbocycles. The minimum absolute atomic E-state index is 0.0494. The van der Waals surface area contributed by atoms with Crippen LogP contribution in [0.1, 0.15) is 94.9 Å². The fourth-order valence-corrected chi connectivity index (χ4v) is 10.3. The Morgan fingerprint density at radius 2 is 1.40 bits per heavy atom. The first kappa shape index (κ1) is 47.6. The summed E-state index contributed by atoms with van der Waals surface area (Å²) < 4.78 is 12.8. The van der Waals surface area contributed by atoms with E-state index in [2.05, 4.69) is 28.3 Å². The summed E-state index contributed by atoms with van der Waals surface area (Å²) in [6.45, 7) is 13.6. The Morgan fingerprint density at radius 1 is 0.800 bits per heavy atom. The van der Waals surface area contributed by atoms with Crippen LogP contribution in [0.2, 0.25) is 0 Å². The number of benzene rings is 4. The number of hydrogen-bond donors (Lipinski definition) is 3. The monoisotopic (exact) mass is 941 g/mol. The van der Waals surface area contributed by atoms with Crippen LogP contribution >= 0.6 is 34.5 Å². The zero-order valence-electron chi connectivity index (χ0n) is 37.9. The highest BCUT2D eigenvalue weighted by Crippen LogP contribution is 2.49. The number of carbonyl (C=O) groups excluding carboxylic acids is 5. The molecule has 0 aliphatic carbocycles. The molecule has 0 saturated carbocycles. The molecule has 344 valence electrons. The molecule has 0 fully saturated rings. The van der Waals surface area contributed by atoms with Gasteiger partial charge in [-0.1, -0.05) is 68.4 Å². The summed E-state index contributed by atoms with van der Waals surface area (Å²) >= 11 is 14.8. The number of nitrogens with zero attached hydrogens (tertiary/aromatic N) is 2. The van der Waals surface area contributed by atoms with E-state index in [0.717, 1.165) is 54.5 Å². The second-order valence-electron chi connectivity index (χ2n) is 18.3. The van der Waals surface area contributed by atoms with Crippen LogP contribution in [0.3, 0.4) is 0 Å². The molecule has 7 rings (SSSR count). The van der Waals surface area contributed by atoms with E-state index in [9.17, 15) is 24.0 Å². The normalized spacial score (nSPS) is 16.6. The number of alkyl halides is 2. The summed E-state index contributed by atoms with van der Waals surface area (Å²) in [6.07, 6.45) is -0.160. The van der Waals surface area contributed by atoms with E-state index >= 15 is 0 Å². The summed E-state index contributed by atoms with van der Waals surface area (Å²) in [4.78, 5) is 71.5. The van der Waals surface area contributed by atoms with E-state index in [1.165, 1.54) is 0 Å². The zero-order valence-corrected chi connectivity index (χ0v) is 40.2. The minimum Gasteiger partial charge on any atom is -0.487 e. The van der Waals surface area contributed by atoms with Crippen molar-refractivity contribution < 1.29 is 33.4 Å². The number of alkyl carbamates (subject to hydrolysis) is 1. The number of amides is 5. The molecule has 3 heterocycles. The number of anilines is 3. The molecule has 5 aromatic rings. The maximum absolute atomic E-state index is 14.2. The first-order valence-corrected chi connectivity index (χ1v) is 24.0. The van der Waals surface area contributed by atoms with Crippen LogP contribution in [-0.4, -0.2) is 72.3 Å². The molecule has 0 radical (unpaired) electrons. The summed E-state index contributed by atoms with van der Waals surface area (Å²) in [5.41, 5.74) is 5.27. The lowest BCUT2D eigenvalue weighted by atomic mass is 9.95. The summed E-state index contributed by atoms with van der Waals surface area (Å²) in [6, 6.07) is 19.4. The third-order valence-electron chi connectivity index (χ3n) is 11.9. The summed E-state index contributed by atoms with van der Waals surface area (Å²) in [7, 11) is 0. The van der Waals surface area contributed by atoms with Crippen LogP contribution in [0.15, 0.2) is 72.1 Å². The Hall–Kier alpha value is -5.37. The molecule has 0 saturated heterocycles. The van der Waals surface area contributed by atoms with Crippen molar-refractivity contribution in [2.45, 2.75) is 104 Å². The van der Waals surface area contributed by atoms with Crippen LogP contribution < -0.4 is 30.5 Å². The molecular weight excluding hydrogens is 886 g/mol. The molecule has 1 aromatic heterocycles. The third-order valence-corrected chi connectivity index (χ3v) is 13.8. The lowest BCUT2D eigenvalue weighted by Gasteiger charge is -2.26. The van der Waals surface area contributed by atoms with Crippen LogP contribution in [0.5, 0.6) is 5.75 Å². The van der Waals surface area contributed by atoms with Gasteiger partial charge in [-0.2, -0.15) is 0 Å². The Balaban J connectivity index is 1.05. The van der Waals surface area contributed by atoms with Gasteiger partial charge in [0.2, 0.25) is 23.6 Å². The fraction of sp³-hybridized carbons (Fsp3) is 0.420. The standard InChI is InChI=1S/C50H57Cl2N5O7S/c1-28(2)45(55-49(62)64-50(5,6)7)48(61)53-30(4)47(60)54-36-20-37-43(35-17-12-11-16-34(35)36)32(22-51)24-56(37)40(58)18-13-19-41(59)57-25-33(23-52)44-38(57)21-39(46-42(44)29(3)27-65-46)63-26-31-14-9-8-10-15-31/h8-12,14-17,20-21,27-28,30,32-33,45H,13,18-19,22-26H2,1-7H3,(H,53,61)(H,54,60)(H,55,62)/t30-,32+,33+,45-/m0/s1. The maximum Gasteiger partial charge on any atom is 0.408 e. The highest BCUT2D eigenvalue weighted by molar-refractivity contribution is 7.17. The number of rotatable bonds is 15. The van der Waals surface area contributed by atoms with Crippen LogP contribution in [0.4, 0.5) is 21.9 Å². The van der Waals surface area contributed by atoms with Crippen molar-refractivity contribution in [3.05, 3.63) is 94.4 Å². The van der Waals surface area contributed by atoms with Crippen molar-refractivity contribution in [2.75, 3.05) is 40.0 Å². The lowest BCUT2D eigenvalue weighted by Crippen LogP contribution is -2.54. The van der Waals surface area contributed by atoms with Gasteiger partial charge < -0.3 is 35.2 Å². The van der Waals surface area contributed by atoms with Crippen molar-refractivity contribution in [3.8, 4) is 5.75 Å². The molecule has 2 aliphatic rings. The molecule has 5 amide bonds. The number of carbonyl (C=O) groups is 5. The van der Waals surface area contributed by atoms with Crippen molar-refractivity contribution in [1.29, 1.82) is 0 Å². The van der Waals surface area contributed by atoms with Gasteiger partial charge in [-0.05, 0) is 86.0 Å². The van der Waals surface area contributed by atoms with E-state index in [0.29, 0.717) is 43.4 Å². The quantitative estimate of drug-likeness (QED) is 0.0886. The van der Waals surface area contributed by atoms with Gasteiger partial charge >= 0.3 is 6.09 Å². The molecule has 3 N–H and O–H groups in total. The van der Waals surface area contributed by atoms with Crippen molar-refractivity contribution >= 4 is 102 Å². The predicted octanol–water partition coefficient (Wildman–Crippen LogP) is 10.1. The first-order chi connectivity index (χ1) is 31.0. The molecule has 65 heavy (non-hydrogen) atoms. The van der Waals surface area contributed by atoms with E-state index in [4.69, 9.17) is 32.7 Å². The molecule has 0 unspecified atom stereocenters. The highest BCUT2D eigenvalue weighted by Gasteiger charge is 2.38. The maximum atomic E-state index is 14.2. The van der Waals surface area contributed by atoms with E-state index in [-0.39, 0.29) is 48.3 Å². The minimum atomic E-state index is -0.988. The lowest BCUT2D eigenvalue weighted by molar-refractivity contribution is -0.128. The molecule has 15 heteroatoms. The fourth-order valence-electron chi connectivity index (χ4n) is 8.76. The van der Waals surface area contributed by atoms with Gasteiger partial charge in [-0.25, -0.2) is 4.79 Å². The van der Waals surface area contributed by atoms with Gasteiger partial charge in [0.05, 0.1) is 16.1 Å². The summed E-state index contributed by atoms with van der Waals surface area (Å²) in [5, 5.41) is 13.1. The van der Waals surface area contributed by atoms with Gasteiger partial charge in [-0.15, -0.1) is 34.5 Å². The Morgan fingerprint density at radius 3 is 2.02 bits per heavy atom. The highest BCUT2D eigenvalue weighted by atomic mass is 35.5. The topological polar surface area (TPSA) is 146 Å². The average Bonchev–Trinajstić information content (AvgIpc) is 3.97. The summed E-state index contributed by atoms with van der Waals surface area (Å²) in [5.74, 6) is -0.440. The van der Waals surface area contributed by atoms with Gasteiger partial charge in [0.1, 0.15) is 30.0 Å². The number of aryl methyl sites for hydroxylation is 1. The molecule has 0 bridgehead atoms. The van der Waals surface area contributed by atoms with E-state index in [1.54, 1.807) is 68.7 Å². The predicted molar refractivity (Wildman–Crippen MR) is 261 cm³/mol. The van der Waals surface area contributed by atoms with Gasteiger partial charge in [-0.3, -0.25) is 19.2 Å². The van der Waals surface area contributed by atoms with Crippen molar-refractivity contribution in [3.63, 3.8) is 0 Å². The molecular formula is C50H57Cl2N5O7S. The van der Waals surface area contributed by atoms with E-state index in [1.807, 2.05) is 60.7 Å². The van der Waals surface area contributed by atoms with Gasteiger partial charge in [0, 0.05) is 72.1 Å². The van der Waals surface area contributed by atoms with Crippen molar-refractivity contribution in [1.82, 2.24) is 10.6 Å². The second kappa shape index (κ2) is 20.0. The Labute approximate surface area is 394 Å². The third kappa shape index (κ3) is 10.4. The van der Waals surface area contributed by atoms with Crippen LogP contribution in [0, 0.1) is 12.8 Å². The Kier molecular flexibility index (Phi) is 14.7. The largest absolute Gasteiger partial charge is 0.487 e. The number of halogens is 2. The number of nitrogens with one attached hydrogen (secondary N) is 3. The van der Waals surface area contributed by atoms with Gasteiger partial charge in [0.15, 0.2) is 0 Å². The van der Waals surface area contributed by atoms with Crippen LogP contribution in [0.25, 0.3) is 20.9 Å². The first-order valence-electron chi connectivity index (χ1n) is 22.1. The average molecular weight is 943 g/mol. The van der Waals surface area contributed by atoms with E-state index < -0.39 is 35.6 Å². The number of hydrogen-bond acceptors (Lipinski definition) is 8. The molecule has 0 spiro atoms. The Bertz CT molecular complexity index is 2610. The second-order valence-corrected chi connectivity index (χ2v) is 19.8. The number of thiophene rings is 1.